The number of hydrogen-bond acceptors (Lipinski definition) is 3. The van der Waals surface area contributed by atoms with Gasteiger partial charge < -0.3 is 9.84 Å². The summed E-state index contributed by atoms with van der Waals surface area (Å²) in [4.78, 5) is 24.4. The molecule has 7 atom stereocenters. The van der Waals surface area contributed by atoms with Crippen LogP contribution in [0.15, 0.2) is 0 Å². The van der Waals surface area contributed by atoms with Crippen LogP contribution in [0, 0.1) is 41.4 Å². The number of carbonyl (C=O) groups is 2. The van der Waals surface area contributed by atoms with Crippen molar-refractivity contribution in [2.75, 3.05) is 6.61 Å². The van der Waals surface area contributed by atoms with Crippen molar-refractivity contribution in [3.63, 3.8) is 0 Å². The Kier molecular flexibility index (Phi) is 10.7. The Morgan fingerprint density at radius 1 is 0.900 bits per heavy atom. The quantitative estimate of drug-likeness (QED) is 0.297. The lowest BCUT2D eigenvalue weighted by atomic mass is 9.66. The number of carbonyl (C=O) groups excluding carboxylic acids is 1. The monoisotopic (exact) mass is 422 g/mol. The normalized spacial score (nSPS) is 34.5. The van der Waals surface area contributed by atoms with Crippen molar-refractivity contribution in [1.29, 1.82) is 0 Å². The van der Waals surface area contributed by atoms with Gasteiger partial charge in [0.05, 0.1) is 18.4 Å². The molecular weight excluding hydrogens is 376 g/mol. The van der Waals surface area contributed by atoms with E-state index in [4.69, 9.17) is 4.74 Å². The molecule has 4 nitrogen and oxygen atoms in total. The first kappa shape index (κ1) is 25.2. The van der Waals surface area contributed by atoms with Crippen molar-refractivity contribution in [2.45, 2.75) is 105 Å². The second kappa shape index (κ2) is 12.7. The van der Waals surface area contributed by atoms with E-state index in [1.165, 1.54) is 51.4 Å². The largest absolute Gasteiger partial charge is 0.481 e. The maximum atomic E-state index is 12.7. The van der Waals surface area contributed by atoms with Gasteiger partial charge >= 0.3 is 11.9 Å². The van der Waals surface area contributed by atoms with Crippen molar-refractivity contribution in [3.05, 3.63) is 0 Å². The smallest absolute Gasteiger partial charge is 0.309 e. The fraction of sp³-hybridized carbons (Fsp3) is 0.923. The van der Waals surface area contributed by atoms with Gasteiger partial charge in [0.15, 0.2) is 0 Å². The van der Waals surface area contributed by atoms with Crippen LogP contribution in [0.3, 0.4) is 0 Å². The van der Waals surface area contributed by atoms with Gasteiger partial charge in [-0.15, -0.1) is 0 Å². The highest BCUT2D eigenvalue weighted by Gasteiger charge is 2.40. The lowest BCUT2D eigenvalue weighted by molar-refractivity contribution is -0.162. The van der Waals surface area contributed by atoms with E-state index in [-0.39, 0.29) is 5.97 Å². The van der Waals surface area contributed by atoms with Crippen molar-refractivity contribution < 1.29 is 19.4 Å². The minimum Gasteiger partial charge on any atom is -0.481 e. The molecule has 0 aromatic carbocycles. The van der Waals surface area contributed by atoms with E-state index in [0.717, 1.165) is 24.7 Å². The summed E-state index contributed by atoms with van der Waals surface area (Å²) in [7, 11) is 0. The van der Waals surface area contributed by atoms with Crippen LogP contribution in [-0.2, 0) is 14.3 Å². The molecule has 0 radical (unpaired) electrons. The van der Waals surface area contributed by atoms with Crippen molar-refractivity contribution in [3.8, 4) is 0 Å². The van der Waals surface area contributed by atoms with Crippen LogP contribution in [0.4, 0.5) is 0 Å². The molecule has 0 amide bonds. The summed E-state index contributed by atoms with van der Waals surface area (Å²) in [6.07, 6.45) is 13.8. The maximum Gasteiger partial charge on any atom is 0.309 e. The fourth-order valence-electron chi connectivity index (χ4n) is 6.00. The van der Waals surface area contributed by atoms with E-state index in [0.29, 0.717) is 37.2 Å². The van der Waals surface area contributed by atoms with Crippen LogP contribution < -0.4 is 0 Å². The van der Waals surface area contributed by atoms with Crippen molar-refractivity contribution >= 4 is 11.9 Å². The third kappa shape index (κ3) is 7.27. The number of hydrogen-bond donors (Lipinski definition) is 1. The molecule has 0 aromatic heterocycles. The molecule has 7 unspecified atom stereocenters. The van der Waals surface area contributed by atoms with E-state index in [1.54, 1.807) is 0 Å². The number of carboxylic acids is 1. The Hall–Kier alpha value is -1.06. The lowest BCUT2D eigenvalue weighted by Crippen LogP contribution is -2.38. The van der Waals surface area contributed by atoms with Crippen molar-refractivity contribution in [1.82, 2.24) is 0 Å². The van der Waals surface area contributed by atoms with Crippen LogP contribution in [0.5, 0.6) is 0 Å². The minimum absolute atomic E-state index is 0.271. The molecule has 2 fully saturated rings. The predicted molar refractivity (Wildman–Crippen MR) is 121 cm³/mol. The summed E-state index contributed by atoms with van der Waals surface area (Å²) in [5.74, 6) is 0.670. The molecule has 1 N–H and O–H groups in total. The highest BCUT2D eigenvalue weighted by Crippen LogP contribution is 2.42. The zero-order chi connectivity index (χ0) is 22.1. The Balaban J connectivity index is 1.81. The third-order valence-corrected chi connectivity index (χ3v) is 8.21. The van der Waals surface area contributed by atoms with Gasteiger partial charge in [0.25, 0.3) is 0 Å². The van der Waals surface area contributed by atoms with Gasteiger partial charge in [0.1, 0.15) is 0 Å². The summed E-state index contributed by atoms with van der Waals surface area (Å²) < 4.78 is 5.76. The summed E-state index contributed by atoms with van der Waals surface area (Å²) >= 11 is 0. The number of carboxylic acid groups (broad SMARTS) is 1. The van der Waals surface area contributed by atoms with Gasteiger partial charge in [-0.3, -0.25) is 9.59 Å². The zero-order valence-corrected chi connectivity index (χ0v) is 19.9. The first-order valence-electron chi connectivity index (χ1n) is 12.7. The van der Waals surface area contributed by atoms with E-state index in [1.807, 2.05) is 0 Å². The van der Waals surface area contributed by atoms with Gasteiger partial charge in [0, 0.05) is 0 Å². The van der Waals surface area contributed by atoms with Crippen LogP contribution in [0.25, 0.3) is 0 Å². The molecule has 2 aliphatic carbocycles. The summed E-state index contributed by atoms with van der Waals surface area (Å²) in [6.45, 7) is 9.54. The van der Waals surface area contributed by atoms with Crippen LogP contribution in [0.2, 0.25) is 0 Å². The molecule has 2 rings (SSSR count). The van der Waals surface area contributed by atoms with E-state index in [9.17, 15) is 14.7 Å². The molecule has 0 heterocycles. The number of unbranched alkanes of at least 4 members (excludes halogenated alkanes) is 5. The molecule has 0 aromatic rings. The fourth-order valence-corrected chi connectivity index (χ4v) is 6.00. The first-order valence-corrected chi connectivity index (χ1v) is 12.7. The number of rotatable bonds is 11. The summed E-state index contributed by atoms with van der Waals surface area (Å²) in [5, 5.41) is 9.54. The second-order valence-electron chi connectivity index (χ2n) is 10.5. The SMILES string of the molecule is CCCCCCCCC1C(C)CCC(COC(=O)C2CCC(C)CC2C(=O)O)C1C. The average molecular weight is 423 g/mol. The minimum atomic E-state index is -0.845. The van der Waals surface area contributed by atoms with Crippen LogP contribution in [0.1, 0.15) is 105 Å². The first-order chi connectivity index (χ1) is 14.3. The molecule has 0 saturated heterocycles. The van der Waals surface area contributed by atoms with Gasteiger partial charge in [-0.1, -0.05) is 72.6 Å². The molecule has 0 bridgehead atoms. The Labute approximate surface area is 184 Å². The van der Waals surface area contributed by atoms with E-state index >= 15 is 0 Å². The summed E-state index contributed by atoms with van der Waals surface area (Å²) in [5.41, 5.74) is 0. The molecule has 4 heteroatoms. The average Bonchev–Trinajstić information content (AvgIpc) is 2.71. The van der Waals surface area contributed by atoms with E-state index < -0.39 is 17.8 Å². The molecule has 30 heavy (non-hydrogen) atoms. The topological polar surface area (TPSA) is 63.6 Å². The van der Waals surface area contributed by atoms with E-state index in [2.05, 4.69) is 27.7 Å². The van der Waals surface area contributed by atoms with Crippen LogP contribution in [-0.4, -0.2) is 23.7 Å². The highest BCUT2D eigenvalue weighted by molar-refractivity contribution is 5.81. The molecule has 174 valence electrons. The predicted octanol–water partition coefficient (Wildman–Crippen LogP) is 6.72. The molecular formula is C26H46O4. The second-order valence-corrected chi connectivity index (χ2v) is 10.5. The highest BCUT2D eigenvalue weighted by atomic mass is 16.5. The van der Waals surface area contributed by atoms with Gasteiger partial charge in [0.2, 0.25) is 0 Å². The van der Waals surface area contributed by atoms with Gasteiger partial charge in [-0.2, -0.15) is 0 Å². The van der Waals surface area contributed by atoms with Crippen LogP contribution >= 0.6 is 0 Å². The third-order valence-electron chi connectivity index (χ3n) is 8.21. The molecule has 2 saturated carbocycles. The molecule has 2 aliphatic rings. The number of ether oxygens (including phenoxy) is 1. The number of aliphatic carboxylic acids is 1. The van der Waals surface area contributed by atoms with Gasteiger partial charge in [-0.05, 0) is 61.7 Å². The lowest BCUT2D eigenvalue weighted by Gasteiger charge is -2.40. The summed E-state index contributed by atoms with van der Waals surface area (Å²) in [6, 6.07) is 0. The zero-order valence-electron chi connectivity index (χ0n) is 19.9. The maximum absolute atomic E-state index is 12.7. The Morgan fingerprint density at radius 3 is 2.30 bits per heavy atom. The van der Waals surface area contributed by atoms with Crippen molar-refractivity contribution in [2.24, 2.45) is 41.4 Å². The Bertz CT molecular complexity index is 531. The standard InChI is InChI=1S/C26H46O4/c1-5-6-7-8-9-10-11-22-19(3)13-14-21(20(22)4)17-30-26(29)23-15-12-18(2)16-24(23)25(27)28/h18-24H,5-17H2,1-4H3,(H,27,28). The Morgan fingerprint density at radius 2 is 1.60 bits per heavy atom. The van der Waals surface area contributed by atoms with Gasteiger partial charge in [-0.25, -0.2) is 0 Å². The molecule has 0 aliphatic heterocycles. The number of esters is 1. The molecule has 0 spiro atoms.